The normalized spacial score (nSPS) is 18.9. The third-order valence-corrected chi connectivity index (χ3v) is 5.63. The molecule has 0 atom stereocenters. The van der Waals surface area contributed by atoms with Gasteiger partial charge in [-0.05, 0) is 45.2 Å². The first-order valence-electron chi connectivity index (χ1n) is 9.34. The van der Waals surface area contributed by atoms with E-state index in [9.17, 15) is 14.4 Å². The highest BCUT2D eigenvalue weighted by Gasteiger charge is 2.45. The molecule has 2 amide bonds. The highest BCUT2D eigenvalue weighted by Crippen LogP contribution is 2.42. The summed E-state index contributed by atoms with van der Waals surface area (Å²) >= 11 is 5.72. The van der Waals surface area contributed by atoms with Crippen molar-refractivity contribution in [2.45, 2.75) is 65.0 Å². The lowest BCUT2D eigenvalue weighted by molar-refractivity contribution is -0.120. The molecule has 1 fully saturated rings. The van der Waals surface area contributed by atoms with Crippen molar-refractivity contribution >= 4 is 34.8 Å². The van der Waals surface area contributed by atoms with Crippen LogP contribution in [0.15, 0.2) is 0 Å². The Morgan fingerprint density at radius 2 is 1.93 bits per heavy atom. The number of amides is 2. The van der Waals surface area contributed by atoms with E-state index in [0.29, 0.717) is 11.3 Å². The average Bonchev–Trinajstić information content (AvgIpc) is 3.11. The number of anilines is 1. The lowest BCUT2D eigenvalue weighted by Crippen LogP contribution is -2.38. The monoisotopic (exact) mass is 396 g/mol. The smallest absolute Gasteiger partial charge is 0.436 e. The Hall–Kier alpha value is -2.09. The standard InChI is InChI=1S/C18H25ClN4O4/c1-4-27-17(26)23-14(20-15(24)11-8-6-5-7-9-11)12-10-22(16(19)25)18(2,3)13(12)21-23/h11H,4-10H2,1-3H3,(H,20,24). The molecule has 2 aliphatic rings. The number of rotatable bonds is 3. The third-order valence-electron chi connectivity index (χ3n) is 5.42. The summed E-state index contributed by atoms with van der Waals surface area (Å²) in [6.07, 6.45) is 4.19. The molecule has 0 unspecified atom stereocenters. The molecule has 0 spiro atoms. The third kappa shape index (κ3) is 3.54. The highest BCUT2D eigenvalue weighted by molar-refractivity contribution is 6.62. The molecule has 148 valence electrons. The summed E-state index contributed by atoms with van der Waals surface area (Å²) in [4.78, 5) is 38.4. The summed E-state index contributed by atoms with van der Waals surface area (Å²) < 4.78 is 6.17. The topological polar surface area (TPSA) is 93.5 Å². The first kappa shape index (κ1) is 19.7. The number of nitrogens with zero attached hydrogens (tertiary/aromatic N) is 3. The van der Waals surface area contributed by atoms with Crippen LogP contribution in [0.4, 0.5) is 15.4 Å². The van der Waals surface area contributed by atoms with E-state index in [1.165, 1.54) is 4.90 Å². The molecule has 1 aromatic rings. The van der Waals surface area contributed by atoms with Gasteiger partial charge in [-0.3, -0.25) is 9.59 Å². The molecule has 1 aliphatic heterocycles. The number of halogens is 1. The van der Waals surface area contributed by atoms with E-state index in [1.54, 1.807) is 20.8 Å². The van der Waals surface area contributed by atoms with Gasteiger partial charge < -0.3 is 15.0 Å². The van der Waals surface area contributed by atoms with Gasteiger partial charge in [0.1, 0.15) is 5.82 Å². The number of fused-ring (bicyclic) bond motifs is 1. The van der Waals surface area contributed by atoms with E-state index in [0.717, 1.165) is 36.8 Å². The van der Waals surface area contributed by atoms with Gasteiger partial charge in [0.25, 0.3) is 0 Å². The molecule has 0 bridgehead atoms. The Balaban J connectivity index is 1.97. The van der Waals surface area contributed by atoms with Gasteiger partial charge in [0.15, 0.2) is 0 Å². The van der Waals surface area contributed by atoms with Crippen molar-refractivity contribution in [2.24, 2.45) is 5.92 Å². The quantitative estimate of drug-likeness (QED) is 0.619. The van der Waals surface area contributed by atoms with Crippen LogP contribution in [0.25, 0.3) is 0 Å². The molecular formula is C18H25ClN4O4. The molecule has 1 saturated carbocycles. The van der Waals surface area contributed by atoms with Crippen LogP contribution in [0.2, 0.25) is 0 Å². The molecule has 27 heavy (non-hydrogen) atoms. The maximum absolute atomic E-state index is 12.8. The minimum absolute atomic E-state index is 0.0832. The van der Waals surface area contributed by atoms with Gasteiger partial charge in [-0.2, -0.15) is 5.10 Å². The zero-order valence-corrected chi connectivity index (χ0v) is 16.6. The zero-order chi connectivity index (χ0) is 19.8. The van der Waals surface area contributed by atoms with Crippen LogP contribution in [0, 0.1) is 5.92 Å². The van der Waals surface area contributed by atoms with E-state index < -0.39 is 17.0 Å². The Labute approximate surface area is 163 Å². The number of carbonyl (C=O) groups excluding carboxylic acids is 3. The number of aromatic nitrogens is 2. The molecule has 1 N–H and O–H groups in total. The van der Waals surface area contributed by atoms with E-state index in [1.807, 2.05) is 0 Å². The molecule has 1 aromatic heterocycles. The fraction of sp³-hybridized carbons (Fsp3) is 0.667. The number of carbonyl (C=O) groups is 3. The Kier molecular flexibility index (Phi) is 5.46. The fourth-order valence-corrected chi connectivity index (χ4v) is 4.16. The average molecular weight is 397 g/mol. The number of nitrogens with one attached hydrogen (secondary N) is 1. The first-order valence-corrected chi connectivity index (χ1v) is 9.72. The lowest BCUT2D eigenvalue weighted by atomic mass is 9.88. The second-order valence-corrected chi connectivity index (χ2v) is 7.83. The summed E-state index contributed by atoms with van der Waals surface area (Å²) in [6.45, 7) is 5.66. The van der Waals surface area contributed by atoms with Crippen LogP contribution in [0.3, 0.4) is 0 Å². The number of hydrogen-bond acceptors (Lipinski definition) is 5. The van der Waals surface area contributed by atoms with E-state index in [-0.39, 0.29) is 30.8 Å². The van der Waals surface area contributed by atoms with Crippen LogP contribution >= 0.6 is 11.6 Å². The van der Waals surface area contributed by atoms with Crippen molar-refractivity contribution in [3.8, 4) is 0 Å². The second kappa shape index (κ2) is 7.50. The fourth-order valence-electron chi connectivity index (χ4n) is 3.89. The predicted molar refractivity (Wildman–Crippen MR) is 99.7 cm³/mol. The molecular weight excluding hydrogens is 372 g/mol. The van der Waals surface area contributed by atoms with E-state index in [4.69, 9.17) is 16.3 Å². The van der Waals surface area contributed by atoms with Crippen molar-refractivity contribution in [1.82, 2.24) is 14.7 Å². The van der Waals surface area contributed by atoms with Gasteiger partial charge >= 0.3 is 11.5 Å². The van der Waals surface area contributed by atoms with Gasteiger partial charge in [-0.25, -0.2) is 4.79 Å². The number of hydrogen-bond donors (Lipinski definition) is 1. The molecule has 0 aromatic carbocycles. The maximum Gasteiger partial charge on any atom is 0.436 e. The van der Waals surface area contributed by atoms with Gasteiger partial charge in [0, 0.05) is 11.5 Å². The molecule has 8 nitrogen and oxygen atoms in total. The molecule has 9 heteroatoms. The van der Waals surface area contributed by atoms with Gasteiger partial charge in [-0.1, -0.05) is 19.3 Å². The van der Waals surface area contributed by atoms with E-state index in [2.05, 4.69) is 10.4 Å². The van der Waals surface area contributed by atoms with Crippen LogP contribution < -0.4 is 5.32 Å². The minimum atomic E-state index is -0.795. The van der Waals surface area contributed by atoms with Gasteiger partial charge in [0.2, 0.25) is 5.91 Å². The van der Waals surface area contributed by atoms with Crippen molar-refractivity contribution in [3.05, 3.63) is 11.3 Å². The van der Waals surface area contributed by atoms with Crippen molar-refractivity contribution in [2.75, 3.05) is 11.9 Å². The Bertz CT molecular complexity index is 768. The molecule has 1 aliphatic carbocycles. The second-order valence-electron chi connectivity index (χ2n) is 7.51. The number of ether oxygens (including phenoxy) is 1. The summed E-state index contributed by atoms with van der Waals surface area (Å²) in [5.41, 5.74) is 0.352. The Morgan fingerprint density at radius 1 is 1.26 bits per heavy atom. The minimum Gasteiger partial charge on any atom is -0.448 e. The molecule has 2 heterocycles. The van der Waals surface area contributed by atoms with Crippen LogP contribution in [-0.2, 0) is 21.6 Å². The van der Waals surface area contributed by atoms with Crippen molar-refractivity contribution in [3.63, 3.8) is 0 Å². The van der Waals surface area contributed by atoms with Crippen LogP contribution in [0.1, 0.15) is 64.1 Å². The van der Waals surface area contributed by atoms with E-state index >= 15 is 0 Å². The summed E-state index contributed by atoms with van der Waals surface area (Å²) in [5, 5.41) is 6.64. The summed E-state index contributed by atoms with van der Waals surface area (Å²) in [7, 11) is 0. The first-order chi connectivity index (χ1) is 12.8. The molecule has 0 radical (unpaired) electrons. The van der Waals surface area contributed by atoms with Gasteiger partial charge in [0.05, 0.1) is 24.4 Å². The summed E-state index contributed by atoms with van der Waals surface area (Å²) in [5.74, 6) is 0.0593. The van der Waals surface area contributed by atoms with Crippen LogP contribution in [0.5, 0.6) is 0 Å². The van der Waals surface area contributed by atoms with Crippen LogP contribution in [-0.4, -0.2) is 38.7 Å². The maximum atomic E-state index is 12.8. The van der Waals surface area contributed by atoms with Crippen molar-refractivity contribution in [1.29, 1.82) is 0 Å². The SMILES string of the molecule is CCOC(=O)n1nc2c(c1NC(=O)C1CCCCC1)CN(C(=O)Cl)C2(C)C. The largest absolute Gasteiger partial charge is 0.448 e. The molecule has 0 saturated heterocycles. The molecule has 3 rings (SSSR count). The predicted octanol–water partition coefficient (Wildman–Crippen LogP) is 3.82. The zero-order valence-electron chi connectivity index (χ0n) is 15.9. The Morgan fingerprint density at radius 3 is 2.52 bits per heavy atom. The lowest BCUT2D eigenvalue weighted by Gasteiger charge is -2.29. The highest BCUT2D eigenvalue weighted by atomic mass is 35.5. The van der Waals surface area contributed by atoms with Gasteiger partial charge in [-0.15, -0.1) is 4.68 Å². The summed E-state index contributed by atoms with van der Waals surface area (Å²) in [6, 6.07) is 0. The van der Waals surface area contributed by atoms with Crippen molar-refractivity contribution < 1.29 is 19.1 Å².